The van der Waals surface area contributed by atoms with Crippen molar-refractivity contribution in [3.05, 3.63) is 54.1 Å². The van der Waals surface area contributed by atoms with E-state index in [1.807, 2.05) is 25.1 Å². The van der Waals surface area contributed by atoms with E-state index in [0.717, 1.165) is 31.9 Å². The minimum Gasteiger partial charge on any atom is -0.506 e. The normalized spacial score (nSPS) is 15.9. The van der Waals surface area contributed by atoms with Crippen LogP contribution in [0.2, 0.25) is 0 Å². The molecule has 0 unspecified atom stereocenters. The van der Waals surface area contributed by atoms with Gasteiger partial charge in [-0.25, -0.2) is 0 Å². The number of carbonyl (C=O) groups is 1. The van der Waals surface area contributed by atoms with E-state index in [2.05, 4.69) is 16.3 Å². The van der Waals surface area contributed by atoms with Crippen LogP contribution in [0, 0.1) is 11.3 Å². The summed E-state index contributed by atoms with van der Waals surface area (Å²) in [5, 5.41) is 22.0. The second-order valence-electron chi connectivity index (χ2n) is 6.50. The molecule has 134 valence electrons. The van der Waals surface area contributed by atoms with Gasteiger partial charge in [-0.2, -0.15) is 5.26 Å². The van der Waals surface area contributed by atoms with E-state index in [1.54, 1.807) is 30.3 Å². The monoisotopic (exact) mass is 351 g/mol. The predicted molar refractivity (Wildman–Crippen MR) is 100 cm³/mol. The predicted octanol–water partition coefficient (Wildman–Crippen LogP) is 0.996. The van der Waals surface area contributed by atoms with Crippen LogP contribution < -0.4 is 15.1 Å². The summed E-state index contributed by atoms with van der Waals surface area (Å²) in [6.45, 7) is 5.08. The molecule has 1 aliphatic heterocycles. The standard InChI is InChI=1S/C20H22N4O2/c1-15(20(26)22-17-7-3-2-6-16(17)14-21)23-10-12-24(13-11-23)18-8-4-5-9-19(18)25/h2-9,15,25H,10-13H2,1H3,(H,22,26)/p+1/t15-/m0/s1. The molecule has 3 rings (SSSR count). The van der Waals surface area contributed by atoms with Gasteiger partial charge in [0, 0.05) is 0 Å². The molecule has 1 amide bonds. The maximum Gasteiger partial charge on any atom is 0.282 e. The molecule has 1 fully saturated rings. The Morgan fingerprint density at radius 3 is 2.54 bits per heavy atom. The number of phenols is 1. The van der Waals surface area contributed by atoms with Gasteiger partial charge in [0.2, 0.25) is 0 Å². The minimum atomic E-state index is -0.215. The van der Waals surface area contributed by atoms with Crippen molar-refractivity contribution in [1.29, 1.82) is 5.26 Å². The van der Waals surface area contributed by atoms with Gasteiger partial charge in [-0.05, 0) is 31.2 Å². The number of aromatic hydroxyl groups is 1. The van der Waals surface area contributed by atoms with Gasteiger partial charge in [-0.1, -0.05) is 24.3 Å². The van der Waals surface area contributed by atoms with Crippen molar-refractivity contribution in [2.75, 3.05) is 36.4 Å². The third kappa shape index (κ3) is 3.79. The second kappa shape index (κ2) is 7.89. The number of anilines is 2. The van der Waals surface area contributed by atoms with Crippen LogP contribution in [0.4, 0.5) is 11.4 Å². The quantitative estimate of drug-likeness (QED) is 0.768. The van der Waals surface area contributed by atoms with Crippen molar-refractivity contribution in [2.24, 2.45) is 0 Å². The van der Waals surface area contributed by atoms with E-state index >= 15 is 0 Å². The molecule has 2 aromatic rings. The fourth-order valence-corrected chi connectivity index (χ4v) is 3.32. The summed E-state index contributed by atoms with van der Waals surface area (Å²) in [6.07, 6.45) is 0. The number of piperazine rings is 1. The van der Waals surface area contributed by atoms with Crippen LogP contribution in [0.5, 0.6) is 5.75 Å². The summed E-state index contributed by atoms with van der Waals surface area (Å²) in [4.78, 5) is 15.9. The molecule has 0 aromatic heterocycles. The molecule has 0 radical (unpaired) electrons. The van der Waals surface area contributed by atoms with Crippen LogP contribution in [0.3, 0.4) is 0 Å². The Morgan fingerprint density at radius 2 is 1.85 bits per heavy atom. The fourth-order valence-electron chi connectivity index (χ4n) is 3.32. The maximum absolute atomic E-state index is 12.6. The van der Waals surface area contributed by atoms with E-state index in [4.69, 9.17) is 5.26 Å². The SMILES string of the molecule is C[C@@H](C(=O)Nc1ccccc1C#N)[NH+]1CCN(c2ccccc2O)CC1. The van der Waals surface area contributed by atoms with Crippen molar-refractivity contribution in [3.8, 4) is 11.8 Å². The lowest BCUT2D eigenvalue weighted by molar-refractivity contribution is -0.914. The van der Waals surface area contributed by atoms with Gasteiger partial charge in [0.05, 0.1) is 43.1 Å². The van der Waals surface area contributed by atoms with E-state index in [9.17, 15) is 9.90 Å². The van der Waals surface area contributed by atoms with E-state index in [-0.39, 0.29) is 17.7 Å². The Labute approximate surface area is 153 Å². The van der Waals surface area contributed by atoms with Crippen LogP contribution in [-0.2, 0) is 4.79 Å². The van der Waals surface area contributed by atoms with Crippen LogP contribution in [0.1, 0.15) is 12.5 Å². The third-order valence-electron chi connectivity index (χ3n) is 4.94. The number of nitrogens with one attached hydrogen (secondary N) is 2. The summed E-state index contributed by atoms with van der Waals surface area (Å²) in [5.74, 6) is 0.202. The van der Waals surface area contributed by atoms with Crippen LogP contribution >= 0.6 is 0 Å². The zero-order valence-electron chi connectivity index (χ0n) is 14.8. The average molecular weight is 351 g/mol. The summed E-state index contributed by atoms with van der Waals surface area (Å²) in [6, 6.07) is 16.2. The van der Waals surface area contributed by atoms with Crippen LogP contribution in [0.25, 0.3) is 0 Å². The molecule has 3 N–H and O–H groups in total. The van der Waals surface area contributed by atoms with Gasteiger partial charge in [-0.15, -0.1) is 0 Å². The van der Waals surface area contributed by atoms with Gasteiger partial charge in [-0.3, -0.25) is 4.79 Å². The van der Waals surface area contributed by atoms with Gasteiger partial charge >= 0.3 is 0 Å². The number of nitrogens with zero attached hydrogens (tertiary/aromatic N) is 2. The zero-order chi connectivity index (χ0) is 18.5. The number of quaternary nitrogens is 1. The first-order valence-electron chi connectivity index (χ1n) is 8.77. The van der Waals surface area contributed by atoms with E-state index in [1.165, 1.54) is 4.90 Å². The van der Waals surface area contributed by atoms with E-state index in [0.29, 0.717) is 11.3 Å². The van der Waals surface area contributed by atoms with Gasteiger partial charge in [0.25, 0.3) is 5.91 Å². The molecule has 0 bridgehead atoms. The highest BCUT2D eigenvalue weighted by Crippen LogP contribution is 2.26. The Balaban J connectivity index is 1.60. The Hall–Kier alpha value is -3.04. The Kier molecular flexibility index (Phi) is 5.40. The number of hydrogen-bond donors (Lipinski definition) is 3. The number of rotatable bonds is 4. The topological polar surface area (TPSA) is 80.8 Å². The molecule has 6 nitrogen and oxygen atoms in total. The van der Waals surface area contributed by atoms with Crippen molar-refractivity contribution < 1.29 is 14.8 Å². The zero-order valence-corrected chi connectivity index (χ0v) is 14.8. The number of nitriles is 1. The van der Waals surface area contributed by atoms with Crippen molar-refractivity contribution in [3.63, 3.8) is 0 Å². The maximum atomic E-state index is 12.6. The Morgan fingerprint density at radius 1 is 1.19 bits per heavy atom. The third-order valence-corrected chi connectivity index (χ3v) is 4.94. The smallest absolute Gasteiger partial charge is 0.282 e. The van der Waals surface area contributed by atoms with Crippen LogP contribution in [0.15, 0.2) is 48.5 Å². The fraction of sp³-hybridized carbons (Fsp3) is 0.300. The molecule has 2 aromatic carbocycles. The number of amides is 1. The average Bonchev–Trinajstić information content (AvgIpc) is 2.68. The summed E-state index contributed by atoms with van der Waals surface area (Å²) < 4.78 is 0. The number of phenolic OH excluding ortho intramolecular Hbond substituents is 1. The van der Waals surface area contributed by atoms with Crippen molar-refractivity contribution >= 4 is 17.3 Å². The molecule has 1 saturated heterocycles. The Bertz CT molecular complexity index is 823. The first-order chi connectivity index (χ1) is 12.6. The highest BCUT2D eigenvalue weighted by molar-refractivity contribution is 5.94. The molecule has 0 aliphatic carbocycles. The van der Waals surface area contributed by atoms with Crippen molar-refractivity contribution in [2.45, 2.75) is 13.0 Å². The molecule has 1 heterocycles. The van der Waals surface area contributed by atoms with Gasteiger partial charge < -0.3 is 20.2 Å². The largest absolute Gasteiger partial charge is 0.506 e. The first-order valence-corrected chi connectivity index (χ1v) is 8.77. The van der Waals surface area contributed by atoms with Crippen molar-refractivity contribution in [1.82, 2.24) is 0 Å². The molecule has 1 aliphatic rings. The molecule has 6 heteroatoms. The molecular formula is C20H23N4O2+. The molecule has 1 atom stereocenters. The highest BCUT2D eigenvalue weighted by Gasteiger charge is 2.30. The summed E-state index contributed by atoms with van der Waals surface area (Å²) in [7, 11) is 0. The summed E-state index contributed by atoms with van der Waals surface area (Å²) in [5.41, 5.74) is 1.86. The number of para-hydroxylation sites is 3. The number of benzene rings is 2. The lowest BCUT2D eigenvalue weighted by Crippen LogP contribution is -3.19. The lowest BCUT2D eigenvalue weighted by atomic mass is 10.1. The highest BCUT2D eigenvalue weighted by atomic mass is 16.3. The van der Waals surface area contributed by atoms with E-state index < -0.39 is 0 Å². The number of hydrogen-bond acceptors (Lipinski definition) is 4. The summed E-state index contributed by atoms with van der Waals surface area (Å²) >= 11 is 0. The second-order valence-corrected chi connectivity index (χ2v) is 6.50. The number of carbonyl (C=O) groups excluding carboxylic acids is 1. The van der Waals surface area contributed by atoms with Crippen LogP contribution in [-0.4, -0.2) is 43.2 Å². The molecule has 0 saturated carbocycles. The molecular weight excluding hydrogens is 328 g/mol. The van der Waals surface area contributed by atoms with Gasteiger partial charge in [0.15, 0.2) is 6.04 Å². The van der Waals surface area contributed by atoms with Gasteiger partial charge in [0.1, 0.15) is 11.8 Å². The lowest BCUT2D eigenvalue weighted by Gasteiger charge is -2.36. The first kappa shape index (κ1) is 17.8. The minimum absolute atomic E-state index is 0.0845. The molecule has 26 heavy (non-hydrogen) atoms. The molecule has 0 spiro atoms.